The minimum atomic E-state index is -1.01. The average molecular weight is 206 g/mol. The number of carboxylic acids is 1. The summed E-state index contributed by atoms with van der Waals surface area (Å²) in [6.45, 7) is 3.22. The van der Waals surface area contributed by atoms with E-state index >= 15 is 0 Å². The molecule has 0 saturated carbocycles. The Morgan fingerprint density at radius 3 is 2.43 bits per heavy atom. The summed E-state index contributed by atoms with van der Waals surface area (Å²) in [5.74, 6) is -1.78. The molecule has 0 amide bonds. The Hall–Kier alpha value is -0.640. The third-order valence-electron chi connectivity index (χ3n) is 2.43. The van der Waals surface area contributed by atoms with Gasteiger partial charge in [-0.05, 0) is 32.6 Å². The Kier molecular flexibility index (Phi) is 6.45. The van der Waals surface area contributed by atoms with E-state index in [9.17, 15) is 14.3 Å². The molecule has 0 rings (SSSR count). The highest BCUT2D eigenvalue weighted by molar-refractivity contribution is 5.70. The number of alkyl halides is 1. The SMILES string of the molecule is CCC(F)CCCC(O)C(C)C(=O)O. The Balaban J connectivity index is 3.63. The molecule has 2 N–H and O–H groups in total. The predicted octanol–water partition coefficient (Wildman–Crippen LogP) is 1.99. The molecule has 0 radical (unpaired) electrons. The molecule has 0 aliphatic heterocycles. The van der Waals surface area contributed by atoms with Crippen molar-refractivity contribution in [2.75, 3.05) is 0 Å². The van der Waals surface area contributed by atoms with Gasteiger partial charge in [-0.1, -0.05) is 6.92 Å². The van der Waals surface area contributed by atoms with E-state index in [-0.39, 0.29) is 0 Å². The van der Waals surface area contributed by atoms with Crippen LogP contribution in [0, 0.1) is 5.92 Å². The number of aliphatic carboxylic acids is 1. The molecule has 0 bridgehead atoms. The van der Waals surface area contributed by atoms with Gasteiger partial charge in [-0.15, -0.1) is 0 Å². The predicted molar refractivity (Wildman–Crippen MR) is 51.8 cm³/mol. The highest BCUT2D eigenvalue weighted by Crippen LogP contribution is 2.14. The largest absolute Gasteiger partial charge is 0.481 e. The van der Waals surface area contributed by atoms with Crippen molar-refractivity contribution in [2.24, 2.45) is 5.92 Å². The fraction of sp³-hybridized carbons (Fsp3) is 0.900. The second-order valence-corrected chi connectivity index (χ2v) is 3.63. The summed E-state index contributed by atoms with van der Waals surface area (Å²) in [6, 6.07) is 0. The molecule has 0 aromatic heterocycles. The lowest BCUT2D eigenvalue weighted by atomic mass is 9.99. The molecule has 4 heteroatoms. The number of rotatable bonds is 7. The number of hydrogen-bond acceptors (Lipinski definition) is 2. The van der Waals surface area contributed by atoms with Crippen molar-refractivity contribution < 1.29 is 19.4 Å². The maximum absolute atomic E-state index is 12.7. The molecule has 0 saturated heterocycles. The number of carbonyl (C=O) groups is 1. The standard InChI is InChI=1S/C10H19FO3/c1-3-8(11)5-4-6-9(12)7(2)10(13)14/h7-9,12H,3-6H2,1-2H3,(H,13,14). The zero-order valence-corrected chi connectivity index (χ0v) is 8.74. The van der Waals surface area contributed by atoms with Gasteiger partial charge < -0.3 is 10.2 Å². The molecule has 0 aliphatic rings. The Morgan fingerprint density at radius 1 is 1.43 bits per heavy atom. The lowest BCUT2D eigenvalue weighted by Gasteiger charge is -2.14. The van der Waals surface area contributed by atoms with Crippen molar-refractivity contribution in [2.45, 2.75) is 51.8 Å². The normalized spacial score (nSPS) is 17.4. The molecule has 0 heterocycles. The molecule has 0 aromatic rings. The minimum absolute atomic E-state index is 0.355. The summed E-state index contributed by atoms with van der Waals surface area (Å²) in [7, 11) is 0. The summed E-state index contributed by atoms with van der Waals surface area (Å²) >= 11 is 0. The van der Waals surface area contributed by atoms with Crippen molar-refractivity contribution >= 4 is 5.97 Å². The van der Waals surface area contributed by atoms with Crippen LogP contribution in [-0.4, -0.2) is 28.5 Å². The van der Waals surface area contributed by atoms with Gasteiger partial charge in [0, 0.05) is 0 Å². The minimum Gasteiger partial charge on any atom is -0.481 e. The quantitative estimate of drug-likeness (QED) is 0.669. The van der Waals surface area contributed by atoms with Crippen LogP contribution in [0.4, 0.5) is 4.39 Å². The second kappa shape index (κ2) is 6.76. The molecule has 0 aromatic carbocycles. The van der Waals surface area contributed by atoms with Crippen LogP contribution in [0.25, 0.3) is 0 Å². The molecule has 84 valence electrons. The van der Waals surface area contributed by atoms with E-state index in [4.69, 9.17) is 5.11 Å². The number of carboxylic acid groups (broad SMARTS) is 1. The summed E-state index contributed by atoms with van der Waals surface area (Å²) in [5.41, 5.74) is 0. The van der Waals surface area contributed by atoms with Crippen molar-refractivity contribution in [3.63, 3.8) is 0 Å². The summed E-state index contributed by atoms with van der Waals surface area (Å²) in [5, 5.41) is 17.9. The molecule has 3 atom stereocenters. The van der Waals surface area contributed by atoms with Crippen molar-refractivity contribution in [3.8, 4) is 0 Å². The Bertz CT molecular complexity index is 173. The lowest BCUT2D eigenvalue weighted by Crippen LogP contribution is -2.25. The molecule has 0 aliphatic carbocycles. The first-order valence-corrected chi connectivity index (χ1v) is 5.04. The van der Waals surface area contributed by atoms with Crippen LogP contribution in [0.2, 0.25) is 0 Å². The van der Waals surface area contributed by atoms with Crippen LogP contribution in [-0.2, 0) is 4.79 Å². The van der Waals surface area contributed by atoms with Gasteiger partial charge in [0.1, 0.15) is 0 Å². The van der Waals surface area contributed by atoms with Crippen LogP contribution < -0.4 is 0 Å². The van der Waals surface area contributed by atoms with Gasteiger partial charge in [0.2, 0.25) is 0 Å². The van der Waals surface area contributed by atoms with Gasteiger partial charge >= 0.3 is 5.97 Å². The van der Waals surface area contributed by atoms with E-state index in [1.165, 1.54) is 6.92 Å². The van der Waals surface area contributed by atoms with Gasteiger partial charge in [-0.2, -0.15) is 0 Å². The zero-order valence-electron chi connectivity index (χ0n) is 8.74. The number of halogens is 1. The summed E-state index contributed by atoms with van der Waals surface area (Å²) in [6.07, 6.45) is 0.0745. The summed E-state index contributed by atoms with van der Waals surface area (Å²) in [4.78, 5) is 10.5. The van der Waals surface area contributed by atoms with Crippen LogP contribution in [0.1, 0.15) is 39.5 Å². The van der Waals surface area contributed by atoms with Crippen LogP contribution in [0.3, 0.4) is 0 Å². The average Bonchev–Trinajstić information content (AvgIpc) is 2.15. The fourth-order valence-electron chi connectivity index (χ4n) is 1.17. The highest BCUT2D eigenvalue weighted by Gasteiger charge is 2.20. The zero-order chi connectivity index (χ0) is 11.1. The fourth-order valence-corrected chi connectivity index (χ4v) is 1.17. The number of aliphatic hydroxyl groups excluding tert-OH is 1. The topological polar surface area (TPSA) is 57.5 Å². The van der Waals surface area contributed by atoms with E-state index in [1.54, 1.807) is 6.92 Å². The maximum atomic E-state index is 12.7. The van der Waals surface area contributed by atoms with Crippen LogP contribution in [0.5, 0.6) is 0 Å². The number of aliphatic hydroxyl groups is 1. The van der Waals surface area contributed by atoms with Crippen molar-refractivity contribution in [3.05, 3.63) is 0 Å². The van der Waals surface area contributed by atoms with Crippen LogP contribution in [0.15, 0.2) is 0 Å². The van der Waals surface area contributed by atoms with Crippen LogP contribution >= 0.6 is 0 Å². The Labute approximate surface area is 83.9 Å². The monoisotopic (exact) mass is 206 g/mol. The number of hydrogen-bond donors (Lipinski definition) is 2. The molecule has 3 nitrogen and oxygen atoms in total. The molecular weight excluding hydrogens is 187 g/mol. The van der Waals surface area contributed by atoms with E-state index in [2.05, 4.69) is 0 Å². The van der Waals surface area contributed by atoms with Gasteiger partial charge in [0.15, 0.2) is 0 Å². The summed E-state index contributed by atoms with van der Waals surface area (Å²) < 4.78 is 12.7. The van der Waals surface area contributed by atoms with E-state index < -0.39 is 24.2 Å². The first-order valence-electron chi connectivity index (χ1n) is 5.04. The van der Waals surface area contributed by atoms with E-state index in [0.29, 0.717) is 25.7 Å². The highest BCUT2D eigenvalue weighted by atomic mass is 19.1. The first-order chi connectivity index (χ1) is 6.49. The molecule has 0 fully saturated rings. The van der Waals surface area contributed by atoms with Gasteiger partial charge in [-0.25, -0.2) is 4.39 Å². The third-order valence-corrected chi connectivity index (χ3v) is 2.43. The Morgan fingerprint density at radius 2 is 2.00 bits per heavy atom. The van der Waals surface area contributed by atoms with Crippen molar-refractivity contribution in [1.82, 2.24) is 0 Å². The molecule has 3 unspecified atom stereocenters. The van der Waals surface area contributed by atoms with Crippen molar-refractivity contribution in [1.29, 1.82) is 0 Å². The second-order valence-electron chi connectivity index (χ2n) is 3.63. The van der Waals surface area contributed by atoms with E-state index in [1.807, 2.05) is 0 Å². The van der Waals surface area contributed by atoms with Gasteiger partial charge in [0.25, 0.3) is 0 Å². The molecular formula is C10H19FO3. The molecule has 14 heavy (non-hydrogen) atoms. The first kappa shape index (κ1) is 13.4. The van der Waals surface area contributed by atoms with Gasteiger partial charge in [-0.3, -0.25) is 4.79 Å². The lowest BCUT2D eigenvalue weighted by molar-refractivity contribution is -0.144. The third kappa shape index (κ3) is 5.17. The van der Waals surface area contributed by atoms with Gasteiger partial charge in [0.05, 0.1) is 18.2 Å². The smallest absolute Gasteiger partial charge is 0.308 e. The van der Waals surface area contributed by atoms with E-state index in [0.717, 1.165) is 0 Å². The maximum Gasteiger partial charge on any atom is 0.308 e. The molecule has 0 spiro atoms.